The first-order valence-electron chi connectivity index (χ1n) is 6.71. The number of hydrogen-bond acceptors (Lipinski definition) is 4. The second kappa shape index (κ2) is 4.61. The number of piperazine rings is 1. The molecule has 3 aromatic rings. The van der Waals surface area contributed by atoms with Gasteiger partial charge < -0.3 is 10.2 Å². The van der Waals surface area contributed by atoms with Crippen LogP contribution in [0.5, 0.6) is 0 Å². The number of fused-ring (bicyclic) bond motifs is 3. The summed E-state index contributed by atoms with van der Waals surface area (Å²) in [6, 6.07) is 7.80. The molecule has 0 saturated carbocycles. The number of rotatable bonds is 1. The summed E-state index contributed by atoms with van der Waals surface area (Å²) in [6.07, 6.45) is 1.81. The Labute approximate surface area is 121 Å². The maximum absolute atomic E-state index is 6.10. The van der Waals surface area contributed by atoms with Crippen molar-refractivity contribution in [3.8, 4) is 0 Å². The highest BCUT2D eigenvalue weighted by Crippen LogP contribution is 2.26. The average Bonchev–Trinajstić information content (AvgIpc) is 2.97. The number of anilines is 1. The number of hydrogen-bond donors (Lipinski definition) is 1. The van der Waals surface area contributed by atoms with Crippen molar-refractivity contribution in [1.82, 2.24) is 19.9 Å². The first-order chi connectivity index (χ1) is 9.83. The van der Waals surface area contributed by atoms with Crippen molar-refractivity contribution in [2.24, 2.45) is 0 Å². The summed E-state index contributed by atoms with van der Waals surface area (Å²) in [5.41, 5.74) is 2.00. The quantitative estimate of drug-likeness (QED) is 0.743. The van der Waals surface area contributed by atoms with Crippen molar-refractivity contribution >= 4 is 34.0 Å². The maximum Gasteiger partial charge on any atom is 0.227 e. The second-order valence-corrected chi connectivity index (χ2v) is 5.38. The van der Waals surface area contributed by atoms with Crippen LogP contribution in [0.4, 0.5) is 5.95 Å². The van der Waals surface area contributed by atoms with Crippen LogP contribution in [0.15, 0.2) is 30.5 Å². The summed E-state index contributed by atoms with van der Waals surface area (Å²) in [5.74, 6) is 0.904. The molecule has 102 valence electrons. The van der Waals surface area contributed by atoms with Gasteiger partial charge in [0.05, 0.1) is 17.2 Å². The van der Waals surface area contributed by atoms with Crippen LogP contribution in [-0.4, -0.2) is 40.8 Å². The van der Waals surface area contributed by atoms with Crippen LogP contribution in [0.1, 0.15) is 0 Å². The third-order valence-corrected chi connectivity index (χ3v) is 3.92. The standard InChI is InChI=1S/C14H14ClN5/c15-10-1-2-12-11(9-10)13-3-4-17-20(13)14(18-12)19-7-5-16-6-8-19/h1-4,9,16H,5-8H2. The Morgan fingerprint density at radius 3 is 2.85 bits per heavy atom. The summed E-state index contributed by atoms with van der Waals surface area (Å²) >= 11 is 6.10. The molecule has 1 aromatic carbocycles. The minimum absolute atomic E-state index is 0.720. The Kier molecular flexibility index (Phi) is 2.75. The molecule has 2 aromatic heterocycles. The fourth-order valence-corrected chi connectivity index (χ4v) is 2.87. The van der Waals surface area contributed by atoms with E-state index in [1.165, 1.54) is 0 Å². The molecular formula is C14H14ClN5. The lowest BCUT2D eigenvalue weighted by molar-refractivity contribution is 0.575. The van der Waals surface area contributed by atoms with Gasteiger partial charge in [0.15, 0.2) is 0 Å². The van der Waals surface area contributed by atoms with Crippen molar-refractivity contribution in [3.05, 3.63) is 35.5 Å². The zero-order valence-electron chi connectivity index (χ0n) is 10.9. The van der Waals surface area contributed by atoms with Gasteiger partial charge in [-0.2, -0.15) is 9.61 Å². The lowest BCUT2D eigenvalue weighted by Crippen LogP contribution is -2.44. The molecule has 0 radical (unpaired) electrons. The summed E-state index contributed by atoms with van der Waals surface area (Å²) in [7, 11) is 0. The summed E-state index contributed by atoms with van der Waals surface area (Å²) in [6.45, 7) is 3.84. The van der Waals surface area contributed by atoms with E-state index in [-0.39, 0.29) is 0 Å². The minimum atomic E-state index is 0.720. The Morgan fingerprint density at radius 1 is 1.15 bits per heavy atom. The first-order valence-corrected chi connectivity index (χ1v) is 7.09. The minimum Gasteiger partial charge on any atom is -0.338 e. The molecule has 1 aliphatic heterocycles. The van der Waals surface area contributed by atoms with Crippen molar-refractivity contribution in [3.63, 3.8) is 0 Å². The van der Waals surface area contributed by atoms with E-state index in [0.717, 1.165) is 53.6 Å². The van der Waals surface area contributed by atoms with E-state index in [2.05, 4.69) is 15.3 Å². The summed E-state index contributed by atoms with van der Waals surface area (Å²) < 4.78 is 1.91. The van der Waals surface area contributed by atoms with Crippen LogP contribution in [-0.2, 0) is 0 Å². The topological polar surface area (TPSA) is 45.5 Å². The largest absolute Gasteiger partial charge is 0.338 e. The normalized spacial score (nSPS) is 16.1. The summed E-state index contributed by atoms with van der Waals surface area (Å²) in [4.78, 5) is 7.05. The molecule has 1 N–H and O–H groups in total. The van der Waals surface area contributed by atoms with Gasteiger partial charge >= 0.3 is 0 Å². The van der Waals surface area contributed by atoms with Crippen molar-refractivity contribution in [2.45, 2.75) is 0 Å². The smallest absolute Gasteiger partial charge is 0.227 e. The molecule has 6 heteroatoms. The molecule has 20 heavy (non-hydrogen) atoms. The van der Waals surface area contributed by atoms with Crippen LogP contribution in [0, 0.1) is 0 Å². The lowest BCUT2D eigenvalue weighted by Gasteiger charge is -2.28. The van der Waals surface area contributed by atoms with E-state index >= 15 is 0 Å². The molecule has 0 unspecified atom stereocenters. The van der Waals surface area contributed by atoms with Gasteiger partial charge in [0.25, 0.3) is 0 Å². The van der Waals surface area contributed by atoms with Crippen LogP contribution >= 0.6 is 11.6 Å². The van der Waals surface area contributed by atoms with E-state index < -0.39 is 0 Å². The highest BCUT2D eigenvalue weighted by molar-refractivity contribution is 6.31. The highest BCUT2D eigenvalue weighted by atomic mass is 35.5. The number of nitrogens with zero attached hydrogens (tertiary/aromatic N) is 4. The molecule has 1 saturated heterocycles. The number of benzene rings is 1. The van der Waals surface area contributed by atoms with Gasteiger partial charge in [0.1, 0.15) is 0 Å². The summed E-state index contributed by atoms with van der Waals surface area (Å²) in [5, 5.41) is 9.53. The first kappa shape index (κ1) is 11.9. The zero-order chi connectivity index (χ0) is 13.5. The van der Waals surface area contributed by atoms with Gasteiger partial charge in [-0.25, -0.2) is 4.98 Å². The van der Waals surface area contributed by atoms with Gasteiger partial charge in [-0.1, -0.05) is 11.6 Å². The molecule has 5 nitrogen and oxygen atoms in total. The Bertz CT molecular complexity index is 776. The van der Waals surface area contributed by atoms with Crippen LogP contribution in [0.25, 0.3) is 16.4 Å². The number of halogens is 1. The molecule has 0 atom stereocenters. The fraction of sp³-hybridized carbons (Fsp3) is 0.286. The molecule has 1 aliphatic rings. The Morgan fingerprint density at radius 2 is 2.00 bits per heavy atom. The predicted molar refractivity (Wildman–Crippen MR) is 80.6 cm³/mol. The number of aromatic nitrogens is 3. The van der Waals surface area contributed by atoms with E-state index in [0.29, 0.717) is 0 Å². The van der Waals surface area contributed by atoms with Gasteiger partial charge in [0.2, 0.25) is 5.95 Å². The number of nitrogens with one attached hydrogen (secondary N) is 1. The third kappa shape index (κ3) is 1.82. The van der Waals surface area contributed by atoms with Crippen molar-refractivity contribution in [1.29, 1.82) is 0 Å². The Balaban J connectivity index is 1.99. The highest BCUT2D eigenvalue weighted by Gasteiger charge is 2.17. The lowest BCUT2D eigenvalue weighted by atomic mass is 10.2. The predicted octanol–water partition coefficient (Wildman–Crippen LogP) is 1.95. The SMILES string of the molecule is Clc1ccc2nc(N3CCNCC3)n3nccc3c2c1. The molecular weight excluding hydrogens is 274 g/mol. The van der Waals surface area contributed by atoms with Crippen molar-refractivity contribution < 1.29 is 0 Å². The molecule has 0 amide bonds. The molecule has 0 spiro atoms. The molecule has 0 bridgehead atoms. The van der Waals surface area contributed by atoms with Gasteiger partial charge in [-0.05, 0) is 24.3 Å². The van der Waals surface area contributed by atoms with Crippen LogP contribution in [0.3, 0.4) is 0 Å². The van der Waals surface area contributed by atoms with E-state index in [1.54, 1.807) is 0 Å². The average molecular weight is 288 g/mol. The van der Waals surface area contributed by atoms with E-state index in [9.17, 15) is 0 Å². The zero-order valence-corrected chi connectivity index (χ0v) is 11.6. The second-order valence-electron chi connectivity index (χ2n) is 4.94. The van der Waals surface area contributed by atoms with Crippen molar-refractivity contribution in [2.75, 3.05) is 31.1 Å². The van der Waals surface area contributed by atoms with Crippen LogP contribution in [0.2, 0.25) is 5.02 Å². The monoisotopic (exact) mass is 287 g/mol. The molecule has 0 aliphatic carbocycles. The Hall–Kier alpha value is -1.85. The van der Waals surface area contributed by atoms with Gasteiger partial charge in [-0.15, -0.1) is 0 Å². The van der Waals surface area contributed by atoms with Gasteiger partial charge in [-0.3, -0.25) is 0 Å². The van der Waals surface area contributed by atoms with E-state index in [1.807, 2.05) is 35.0 Å². The fourth-order valence-electron chi connectivity index (χ4n) is 2.70. The molecule has 3 heterocycles. The maximum atomic E-state index is 6.10. The van der Waals surface area contributed by atoms with Gasteiger partial charge in [0, 0.05) is 36.6 Å². The third-order valence-electron chi connectivity index (χ3n) is 3.69. The van der Waals surface area contributed by atoms with E-state index in [4.69, 9.17) is 16.6 Å². The van der Waals surface area contributed by atoms with Crippen LogP contribution < -0.4 is 10.2 Å². The molecule has 4 rings (SSSR count). The molecule has 1 fully saturated rings.